The Morgan fingerprint density at radius 1 is 1.20 bits per heavy atom. The Kier molecular flexibility index (Phi) is 5.35. The second-order valence-corrected chi connectivity index (χ2v) is 5.89. The van der Waals surface area contributed by atoms with Gasteiger partial charge in [0.15, 0.2) is 0 Å². The van der Waals surface area contributed by atoms with Crippen molar-refractivity contribution < 1.29 is 14.3 Å². The van der Waals surface area contributed by atoms with Crippen molar-refractivity contribution in [1.82, 2.24) is 15.3 Å². The minimum absolute atomic E-state index is 0.0635. The van der Waals surface area contributed by atoms with Gasteiger partial charge in [-0.3, -0.25) is 14.6 Å². The van der Waals surface area contributed by atoms with E-state index in [2.05, 4.69) is 20.6 Å². The van der Waals surface area contributed by atoms with Gasteiger partial charge in [-0.05, 0) is 31.9 Å². The largest absolute Gasteiger partial charge is 0.376 e. The van der Waals surface area contributed by atoms with Crippen LogP contribution in [-0.4, -0.2) is 41.0 Å². The van der Waals surface area contributed by atoms with E-state index in [9.17, 15) is 9.59 Å². The number of carbonyl (C=O) groups is 2. The van der Waals surface area contributed by atoms with E-state index in [0.29, 0.717) is 17.8 Å². The zero-order chi connectivity index (χ0) is 17.6. The number of benzene rings is 1. The lowest BCUT2D eigenvalue weighted by Gasteiger charge is -2.13. The fourth-order valence-corrected chi connectivity index (χ4v) is 2.59. The lowest BCUT2D eigenvalue weighted by atomic mass is 10.1. The number of rotatable bonds is 5. The fraction of sp³-hybridized carbons (Fsp3) is 0.333. The predicted octanol–water partition coefficient (Wildman–Crippen LogP) is 1.95. The Balaban J connectivity index is 1.68. The minimum atomic E-state index is -0.410. The Bertz CT molecular complexity index is 755. The van der Waals surface area contributed by atoms with E-state index >= 15 is 0 Å². The summed E-state index contributed by atoms with van der Waals surface area (Å²) in [7, 11) is 0. The number of nitrogens with zero attached hydrogens (tertiary/aromatic N) is 2. The first kappa shape index (κ1) is 17.0. The lowest BCUT2D eigenvalue weighted by Crippen LogP contribution is -2.32. The zero-order valence-corrected chi connectivity index (χ0v) is 14.0. The first-order chi connectivity index (χ1) is 12.1. The van der Waals surface area contributed by atoms with E-state index < -0.39 is 5.91 Å². The van der Waals surface area contributed by atoms with Crippen molar-refractivity contribution >= 4 is 17.5 Å². The molecule has 1 aliphatic rings. The van der Waals surface area contributed by atoms with E-state index in [1.54, 1.807) is 31.2 Å². The molecular weight excluding hydrogens is 320 g/mol. The van der Waals surface area contributed by atoms with Crippen LogP contribution >= 0.6 is 0 Å². The molecule has 0 unspecified atom stereocenters. The maximum Gasteiger partial charge on any atom is 0.275 e. The smallest absolute Gasteiger partial charge is 0.275 e. The van der Waals surface area contributed by atoms with Crippen molar-refractivity contribution in [1.29, 1.82) is 0 Å². The molecule has 0 spiro atoms. The van der Waals surface area contributed by atoms with Crippen LogP contribution in [0.25, 0.3) is 0 Å². The Morgan fingerprint density at radius 3 is 2.76 bits per heavy atom. The molecular formula is C18H20N4O3. The number of amides is 2. The topological polar surface area (TPSA) is 93.2 Å². The molecule has 2 N–H and O–H groups in total. The average Bonchev–Trinajstić information content (AvgIpc) is 3.14. The first-order valence-electron chi connectivity index (χ1n) is 8.22. The number of anilines is 1. The third-order valence-electron chi connectivity index (χ3n) is 3.95. The molecule has 1 atom stereocenters. The number of hydrogen-bond donors (Lipinski definition) is 2. The van der Waals surface area contributed by atoms with Gasteiger partial charge in [-0.25, -0.2) is 4.98 Å². The molecule has 25 heavy (non-hydrogen) atoms. The molecule has 2 amide bonds. The summed E-state index contributed by atoms with van der Waals surface area (Å²) in [5.41, 5.74) is 1.75. The van der Waals surface area contributed by atoms with Gasteiger partial charge in [-0.2, -0.15) is 0 Å². The van der Waals surface area contributed by atoms with Crippen molar-refractivity contribution in [3.63, 3.8) is 0 Å². The van der Waals surface area contributed by atoms with Crippen molar-refractivity contribution in [3.8, 4) is 0 Å². The van der Waals surface area contributed by atoms with Crippen molar-refractivity contribution in [3.05, 3.63) is 53.6 Å². The quantitative estimate of drug-likeness (QED) is 0.868. The third-order valence-corrected chi connectivity index (χ3v) is 3.95. The number of aromatic nitrogens is 2. The minimum Gasteiger partial charge on any atom is -0.376 e. The Labute approximate surface area is 145 Å². The summed E-state index contributed by atoms with van der Waals surface area (Å²) in [6.45, 7) is 3.00. The highest BCUT2D eigenvalue weighted by Crippen LogP contribution is 2.16. The van der Waals surface area contributed by atoms with Crippen molar-refractivity contribution in [2.75, 3.05) is 18.5 Å². The summed E-state index contributed by atoms with van der Waals surface area (Å²) in [5.74, 6) is -0.659. The highest BCUT2D eigenvalue weighted by Gasteiger charge is 2.19. The highest BCUT2D eigenvalue weighted by atomic mass is 16.5. The molecule has 7 nitrogen and oxygen atoms in total. The molecule has 0 saturated carbocycles. The van der Waals surface area contributed by atoms with Gasteiger partial charge in [0.2, 0.25) is 0 Å². The SMILES string of the molecule is Cc1cnc(C(=O)Nc2ccccc2C(=O)NC[C@@H]2CCCO2)cn1. The van der Waals surface area contributed by atoms with Gasteiger partial charge in [0, 0.05) is 19.3 Å². The average molecular weight is 340 g/mol. The summed E-state index contributed by atoms with van der Waals surface area (Å²) in [5, 5.41) is 5.58. The fourth-order valence-electron chi connectivity index (χ4n) is 2.59. The van der Waals surface area contributed by atoms with Crippen molar-refractivity contribution in [2.24, 2.45) is 0 Å². The summed E-state index contributed by atoms with van der Waals surface area (Å²) in [4.78, 5) is 32.8. The second kappa shape index (κ2) is 7.85. The van der Waals surface area contributed by atoms with E-state index in [4.69, 9.17) is 4.74 Å². The van der Waals surface area contributed by atoms with Gasteiger partial charge in [0.1, 0.15) is 5.69 Å². The van der Waals surface area contributed by atoms with E-state index in [-0.39, 0.29) is 17.7 Å². The van der Waals surface area contributed by atoms with Gasteiger partial charge in [0.05, 0.1) is 29.2 Å². The summed E-state index contributed by atoms with van der Waals surface area (Å²) < 4.78 is 5.50. The van der Waals surface area contributed by atoms with Gasteiger partial charge < -0.3 is 15.4 Å². The number of nitrogens with one attached hydrogen (secondary N) is 2. The third kappa shape index (κ3) is 4.39. The van der Waals surface area contributed by atoms with Crippen LogP contribution in [0, 0.1) is 6.92 Å². The van der Waals surface area contributed by atoms with Crippen LogP contribution in [0.1, 0.15) is 39.4 Å². The molecule has 0 bridgehead atoms. The maximum atomic E-state index is 12.4. The van der Waals surface area contributed by atoms with Crippen LogP contribution in [0.15, 0.2) is 36.7 Å². The molecule has 1 aliphatic heterocycles. The predicted molar refractivity (Wildman–Crippen MR) is 92.5 cm³/mol. The molecule has 0 aliphatic carbocycles. The monoisotopic (exact) mass is 340 g/mol. The highest BCUT2D eigenvalue weighted by molar-refractivity contribution is 6.08. The van der Waals surface area contributed by atoms with Crippen LogP contribution in [0.5, 0.6) is 0 Å². The van der Waals surface area contributed by atoms with Crippen LogP contribution in [-0.2, 0) is 4.74 Å². The molecule has 1 aromatic carbocycles. The number of aryl methyl sites for hydroxylation is 1. The summed E-state index contributed by atoms with van der Waals surface area (Å²) in [6, 6.07) is 6.86. The van der Waals surface area contributed by atoms with Crippen molar-refractivity contribution in [2.45, 2.75) is 25.9 Å². The zero-order valence-electron chi connectivity index (χ0n) is 14.0. The molecule has 2 heterocycles. The van der Waals surface area contributed by atoms with E-state index in [0.717, 1.165) is 25.1 Å². The van der Waals surface area contributed by atoms with Crippen LogP contribution < -0.4 is 10.6 Å². The molecule has 2 aromatic rings. The molecule has 1 saturated heterocycles. The molecule has 1 aromatic heterocycles. The molecule has 1 fully saturated rings. The molecule has 130 valence electrons. The summed E-state index contributed by atoms with van der Waals surface area (Å²) in [6.07, 6.45) is 4.96. The van der Waals surface area contributed by atoms with Crippen LogP contribution in [0.2, 0.25) is 0 Å². The number of ether oxygens (including phenoxy) is 1. The molecule has 3 rings (SSSR count). The lowest BCUT2D eigenvalue weighted by molar-refractivity contribution is 0.0858. The normalized spacial score (nSPS) is 16.4. The molecule has 0 radical (unpaired) electrons. The van der Waals surface area contributed by atoms with E-state index in [1.807, 2.05) is 0 Å². The van der Waals surface area contributed by atoms with E-state index in [1.165, 1.54) is 12.4 Å². The Morgan fingerprint density at radius 2 is 2.04 bits per heavy atom. The maximum absolute atomic E-state index is 12.4. The first-order valence-corrected chi connectivity index (χ1v) is 8.22. The summed E-state index contributed by atoms with van der Waals surface area (Å²) >= 11 is 0. The van der Waals surface area contributed by atoms with Crippen LogP contribution in [0.3, 0.4) is 0 Å². The van der Waals surface area contributed by atoms with Crippen LogP contribution in [0.4, 0.5) is 5.69 Å². The Hall–Kier alpha value is -2.80. The van der Waals surface area contributed by atoms with Gasteiger partial charge in [0.25, 0.3) is 11.8 Å². The van der Waals surface area contributed by atoms with Gasteiger partial charge in [-0.15, -0.1) is 0 Å². The number of para-hydroxylation sites is 1. The molecule has 7 heteroatoms. The van der Waals surface area contributed by atoms with Gasteiger partial charge in [-0.1, -0.05) is 12.1 Å². The number of hydrogen-bond acceptors (Lipinski definition) is 5. The van der Waals surface area contributed by atoms with Gasteiger partial charge >= 0.3 is 0 Å². The number of carbonyl (C=O) groups excluding carboxylic acids is 2. The standard InChI is InChI=1S/C18H20N4O3/c1-12-9-20-16(11-19-12)18(24)22-15-7-3-2-6-14(15)17(23)21-10-13-5-4-8-25-13/h2-3,6-7,9,11,13H,4-5,8,10H2,1H3,(H,21,23)(H,22,24)/t13-/m0/s1. The second-order valence-electron chi connectivity index (χ2n) is 5.89.